The monoisotopic (exact) mass is 411 g/mol. The Morgan fingerprint density at radius 2 is 2.07 bits per heavy atom. The van der Waals surface area contributed by atoms with Crippen molar-refractivity contribution in [2.75, 3.05) is 38.1 Å². The number of aromatic nitrogens is 2. The second-order valence-electron chi connectivity index (χ2n) is 8.97. The van der Waals surface area contributed by atoms with E-state index in [0.29, 0.717) is 6.61 Å². The molecule has 0 saturated carbocycles. The summed E-state index contributed by atoms with van der Waals surface area (Å²) < 4.78 is 7.32. The van der Waals surface area contributed by atoms with Crippen molar-refractivity contribution in [2.24, 2.45) is 5.92 Å². The summed E-state index contributed by atoms with van der Waals surface area (Å²) in [6, 6.07) is 6.73. The van der Waals surface area contributed by atoms with Crippen LogP contribution in [0.1, 0.15) is 44.9 Å². The van der Waals surface area contributed by atoms with Crippen molar-refractivity contribution in [3.8, 4) is 0 Å². The lowest BCUT2D eigenvalue weighted by Gasteiger charge is -2.46. The van der Waals surface area contributed by atoms with E-state index < -0.39 is 6.09 Å². The summed E-state index contributed by atoms with van der Waals surface area (Å²) in [5.41, 5.74) is 2.82. The van der Waals surface area contributed by atoms with Gasteiger partial charge in [0.05, 0.1) is 24.2 Å². The van der Waals surface area contributed by atoms with Crippen molar-refractivity contribution < 1.29 is 9.53 Å². The normalized spacial score (nSPS) is 25.0. The van der Waals surface area contributed by atoms with Crippen molar-refractivity contribution in [1.29, 1.82) is 0 Å². The summed E-state index contributed by atoms with van der Waals surface area (Å²) >= 11 is 0. The zero-order chi connectivity index (χ0) is 20.5. The summed E-state index contributed by atoms with van der Waals surface area (Å²) in [4.78, 5) is 22.0. The first-order valence-corrected chi connectivity index (χ1v) is 11.6. The number of piperidine rings is 2. The van der Waals surface area contributed by atoms with E-state index in [9.17, 15) is 4.79 Å². The molecule has 3 aliphatic rings. The largest absolute Gasteiger partial charge is 0.450 e. The van der Waals surface area contributed by atoms with E-state index in [4.69, 9.17) is 9.72 Å². The third kappa shape index (κ3) is 3.93. The summed E-state index contributed by atoms with van der Waals surface area (Å²) in [6.45, 7) is 8.96. The summed E-state index contributed by atoms with van der Waals surface area (Å²) in [5, 5.41) is 2.78. The van der Waals surface area contributed by atoms with Gasteiger partial charge in [0, 0.05) is 31.4 Å². The van der Waals surface area contributed by atoms with Crippen LogP contribution in [0.3, 0.4) is 0 Å². The molecule has 7 heteroatoms. The number of carbonyl (C=O) groups excluding carboxylic acids is 1. The molecule has 0 spiro atoms. The fourth-order valence-electron chi connectivity index (χ4n) is 5.71. The quantitative estimate of drug-likeness (QED) is 0.831. The van der Waals surface area contributed by atoms with Gasteiger partial charge >= 0.3 is 6.09 Å². The number of imidazole rings is 1. The molecular formula is C23H33N5O2. The van der Waals surface area contributed by atoms with Crippen molar-refractivity contribution in [3.05, 3.63) is 24.0 Å². The number of rotatable bonds is 4. The number of anilines is 1. The average Bonchev–Trinajstić information content (AvgIpc) is 3.11. The number of benzene rings is 1. The summed E-state index contributed by atoms with van der Waals surface area (Å²) in [7, 11) is 0. The third-order valence-electron chi connectivity index (χ3n) is 7.08. The summed E-state index contributed by atoms with van der Waals surface area (Å²) in [5.74, 6) is 1.94. The lowest BCUT2D eigenvalue weighted by atomic mass is 9.83. The molecule has 0 unspecified atom stereocenters. The van der Waals surface area contributed by atoms with E-state index in [2.05, 4.69) is 25.8 Å². The van der Waals surface area contributed by atoms with Crippen molar-refractivity contribution >= 4 is 22.8 Å². The predicted molar refractivity (Wildman–Crippen MR) is 118 cm³/mol. The minimum atomic E-state index is -0.420. The van der Waals surface area contributed by atoms with Crippen LogP contribution in [0.2, 0.25) is 0 Å². The maximum absolute atomic E-state index is 11.7. The SMILES string of the molecule is CCOC(=O)Nc1ccc2c(c1)nc1n2CCN(C[C@@H]2CCCN3CCCC[C@@H]23)C1. The van der Waals surface area contributed by atoms with Crippen LogP contribution in [0, 0.1) is 5.92 Å². The number of ether oxygens (including phenoxy) is 1. The smallest absolute Gasteiger partial charge is 0.411 e. The van der Waals surface area contributed by atoms with Gasteiger partial charge in [0.1, 0.15) is 5.82 Å². The number of carbonyl (C=O) groups is 1. The van der Waals surface area contributed by atoms with E-state index in [0.717, 1.165) is 54.1 Å². The van der Waals surface area contributed by atoms with Crippen molar-refractivity contribution in [3.63, 3.8) is 0 Å². The minimum absolute atomic E-state index is 0.363. The molecule has 4 heterocycles. The van der Waals surface area contributed by atoms with Gasteiger partial charge in [-0.15, -0.1) is 0 Å². The van der Waals surface area contributed by atoms with Gasteiger partial charge in [-0.3, -0.25) is 10.2 Å². The van der Waals surface area contributed by atoms with Gasteiger partial charge in [-0.25, -0.2) is 9.78 Å². The van der Waals surface area contributed by atoms with Crippen molar-refractivity contribution in [2.45, 2.75) is 58.2 Å². The number of nitrogens with zero attached hydrogens (tertiary/aromatic N) is 4. The van der Waals surface area contributed by atoms with Gasteiger partial charge in [0.25, 0.3) is 0 Å². The van der Waals surface area contributed by atoms with Crippen LogP contribution in [0.25, 0.3) is 11.0 Å². The molecule has 2 saturated heterocycles. The highest BCUT2D eigenvalue weighted by Gasteiger charge is 2.34. The second kappa shape index (κ2) is 8.55. The molecule has 2 aromatic rings. The molecule has 7 nitrogen and oxygen atoms in total. The van der Waals surface area contributed by atoms with Crippen LogP contribution in [-0.4, -0.2) is 64.3 Å². The Hall–Kier alpha value is -2.12. The molecule has 0 bridgehead atoms. The number of hydrogen-bond donors (Lipinski definition) is 1. The molecule has 1 aromatic heterocycles. The maximum Gasteiger partial charge on any atom is 0.411 e. The molecule has 3 aliphatic heterocycles. The van der Waals surface area contributed by atoms with Gasteiger partial charge in [0.2, 0.25) is 0 Å². The molecule has 1 aromatic carbocycles. The third-order valence-corrected chi connectivity index (χ3v) is 7.08. The second-order valence-corrected chi connectivity index (χ2v) is 8.97. The minimum Gasteiger partial charge on any atom is -0.450 e. The van der Waals surface area contributed by atoms with Crippen LogP contribution in [0.5, 0.6) is 0 Å². The highest BCUT2D eigenvalue weighted by atomic mass is 16.5. The molecule has 1 amide bonds. The number of hydrogen-bond acceptors (Lipinski definition) is 5. The van der Waals surface area contributed by atoms with Crippen LogP contribution in [0.15, 0.2) is 18.2 Å². The Balaban J connectivity index is 1.28. The molecule has 0 aliphatic carbocycles. The average molecular weight is 412 g/mol. The zero-order valence-electron chi connectivity index (χ0n) is 18.0. The Kier molecular flexibility index (Phi) is 5.65. The number of fused-ring (bicyclic) bond motifs is 4. The van der Waals surface area contributed by atoms with E-state index in [1.807, 2.05) is 12.1 Å². The van der Waals surface area contributed by atoms with Crippen LogP contribution in [0.4, 0.5) is 10.5 Å². The first-order chi connectivity index (χ1) is 14.7. The Labute approximate surface area is 178 Å². The topological polar surface area (TPSA) is 62.6 Å². The van der Waals surface area contributed by atoms with Crippen LogP contribution in [-0.2, 0) is 17.8 Å². The van der Waals surface area contributed by atoms with Gasteiger partial charge in [0.15, 0.2) is 0 Å². The molecule has 5 rings (SSSR count). The molecule has 30 heavy (non-hydrogen) atoms. The van der Waals surface area contributed by atoms with Gasteiger partial charge in [-0.05, 0) is 69.8 Å². The molecule has 2 atom stereocenters. The van der Waals surface area contributed by atoms with E-state index in [1.165, 1.54) is 51.7 Å². The van der Waals surface area contributed by atoms with E-state index in [-0.39, 0.29) is 0 Å². The first-order valence-electron chi connectivity index (χ1n) is 11.6. The Morgan fingerprint density at radius 3 is 2.97 bits per heavy atom. The van der Waals surface area contributed by atoms with Crippen molar-refractivity contribution in [1.82, 2.24) is 19.4 Å². The lowest BCUT2D eigenvalue weighted by molar-refractivity contribution is 0.0353. The molecule has 2 fully saturated rings. The highest BCUT2D eigenvalue weighted by molar-refractivity contribution is 5.89. The molecule has 162 valence electrons. The maximum atomic E-state index is 11.7. The van der Waals surface area contributed by atoms with Gasteiger partial charge in [-0.1, -0.05) is 6.42 Å². The Morgan fingerprint density at radius 1 is 1.17 bits per heavy atom. The fraction of sp³-hybridized carbons (Fsp3) is 0.652. The number of amides is 1. The fourth-order valence-corrected chi connectivity index (χ4v) is 5.71. The standard InChI is InChI=1S/C23H33N5O2/c1-2-30-23(29)24-18-8-9-21-19(14-18)25-22-16-26(12-13-28(21)22)15-17-6-5-11-27-10-4-3-7-20(17)27/h8-9,14,17,20H,2-7,10-13,15-16H2,1H3,(H,24,29)/t17-,20-/m0/s1. The predicted octanol–water partition coefficient (Wildman–Crippen LogP) is 3.68. The van der Waals surface area contributed by atoms with E-state index >= 15 is 0 Å². The first kappa shape index (κ1) is 19.8. The van der Waals surface area contributed by atoms with Gasteiger partial charge < -0.3 is 14.2 Å². The summed E-state index contributed by atoms with van der Waals surface area (Å²) in [6.07, 6.45) is 6.46. The highest BCUT2D eigenvalue weighted by Crippen LogP contribution is 2.32. The lowest BCUT2D eigenvalue weighted by Crippen LogP contribution is -2.51. The molecular weight excluding hydrogens is 378 g/mol. The molecule has 1 N–H and O–H groups in total. The van der Waals surface area contributed by atoms with E-state index in [1.54, 1.807) is 6.92 Å². The van der Waals surface area contributed by atoms with Crippen LogP contribution >= 0.6 is 0 Å². The van der Waals surface area contributed by atoms with Crippen LogP contribution < -0.4 is 5.32 Å². The molecule has 0 radical (unpaired) electrons. The zero-order valence-corrected chi connectivity index (χ0v) is 18.0. The van der Waals surface area contributed by atoms with Gasteiger partial charge in [-0.2, -0.15) is 0 Å². The Bertz CT molecular complexity index is 908. The number of nitrogens with one attached hydrogen (secondary N) is 1.